The zero-order valence-corrected chi connectivity index (χ0v) is 8.94. The molecule has 0 saturated heterocycles. The summed E-state index contributed by atoms with van der Waals surface area (Å²) in [6.45, 7) is 0.723. The standard InChI is InChI=1S/C12H17NO2/c1-15-8-12(9-5-6-9)13-10-3-2-4-11(14)7-10/h2-4,7,9,12-14H,5-6,8H2,1H3. The van der Waals surface area contributed by atoms with Gasteiger partial charge in [0.25, 0.3) is 0 Å². The number of methoxy groups -OCH3 is 1. The maximum Gasteiger partial charge on any atom is 0.117 e. The Balaban J connectivity index is 1.98. The van der Waals surface area contributed by atoms with Crippen molar-refractivity contribution in [1.82, 2.24) is 0 Å². The molecule has 1 aliphatic rings. The highest BCUT2D eigenvalue weighted by atomic mass is 16.5. The smallest absolute Gasteiger partial charge is 0.117 e. The number of rotatable bonds is 5. The summed E-state index contributed by atoms with van der Waals surface area (Å²) in [5.41, 5.74) is 0.962. The molecule has 2 rings (SSSR count). The first-order valence-electron chi connectivity index (χ1n) is 5.34. The molecule has 1 aliphatic carbocycles. The van der Waals surface area contributed by atoms with Gasteiger partial charge in [-0.1, -0.05) is 6.07 Å². The summed E-state index contributed by atoms with van der Waals surface area (Å²) in [7, 11) is 1.72. The Bertz CT molecular complexity index is 323. The minimum Gasteiger partial charge on any atom is -0.508 e. The average molecular weight is 207 g/mol. The first kappa shape index (κ1) is 10.3. The molecule has 3 nitrogen and oxygen atoms in total. The molecule has 1 atom stereocenters. The van der Waals surface area contributed by atoms with Crippen LogP contribution in [0.4, 0.5) is 5.69 Å². The van der Waals surface area contributed by atoms with E-state index in [-0.39, 0.29) is 0 Å². The van der Waals surface area contributed by atoms with Crippen molar-refractivity contribution < 1.29 is 9.84 Å². The lowest BCUT2D eigenvalue weighted by atomic mass is 10.2. The maximum absolute atomic E-state index is 9.34. The third-order valence-electron chi connectivity index (χ3n) is 2.74. The fourth-order valence-corrected chi connectivity index (χ4v) is 1.78. The third-order valence-corrected chi connectivity index (χ3v) is 2.74. The number of phenols is 1. The lowest BCUT2D eigenvalue weighted by Crippen LogP contribution is -2.27. The molecule has 15 heavy (non-hydrogen) atoms. The Morgan fingerprint density at radius 1 is 1.53 bits per heavy atom. The van der Waals surface area contributed by atoms with Crippen LogP contribution < -0.4 is 5.32 Å². The normalized spacial score (nSPS) is 17.4. The van der Waals surface area contributed by atoms with Crippen molar-refractivity contribution in [2.45, 2.75) is 18.9 Å². The number of phenolic OH excluding ortho intramolecular Hbond substituents is 1. The molecule has 1 aromatic carbocycles. The summed E-state index contributed by atoms with van der Waals surface area (Å²) in [6, 6.07) is 7.59. The fourth-order valence-electron chi connectivity index (χ4n) is 1.78. The number of aromatic hydroxyl groups is 1. The molecule has 0 spiro atoms. The Morgan fingerprint density at radius 2 is 2.33 bits per heavy atom. The van der Waals surface area contributed by atoms with Gasteiger partial charge in [-0.3, -0.25) is 0 Å². The van der Waals surface area contributed by atoms with Crippen LogP contribution in [-0.2, 0) is 4.74 Å². The van der Waals surface area contributed by atoms with Crippen LogP contribution in [0, 0.1) is 5.92 Å². The van der Waals surface area contributed by atoms with E-state index in [0.29, 0.717) is 11.8 Å². The summed E-state index contributed by atoms with van der Waals surface area (Å²) in [5, 5.41) is 12.7. The van der Waals surface area contributed by atoms with Crippen LogP contribution in [0.25, 0.3) is 0 Å². The second kappa shape index (κ2) is 4.53. The largest absolute Gasteiger partial charge is 0.508 e. The minimum absolute atomic E-state index is 0.298. The first-order valence-corrected chi connectivity index (χ1v) is 5.34. The lowest BCUT2D eigenvalue weighted by Gasteiger charge is -2.18. The molecular formula is C12H17NO2. The molecule has 1 aromatic rings. The van der Waals surface area contributed by atoms with E-state index < -0.39 is 0 Å². The topological polar surface area (TPSA) is 41.5 Å². The SMILES string of the molecule is COCC(Nc1cccc(O)c1)C1CC1. The van der Waals surface area contributed by atoms with Gasteiger partial charge >= 0.3 is 0 Å². The van der Waals surface area contributed by atoms with Crippen LogP contribution in [0.15, 0.2) is 24.3 Å². The third kappa shape index (κ3) is 2.86. The highest BCUT2D eigenvalue weighted by molar-refractivity contribution is 5.48. The van der Waals surface area contributed by atoms with Crippen LogP contribution in [0.3, 0.4) is 0 Å². The van der Waals surface area contributed by atoms with Gasteiger partial charge in [-0.25, -0.2) is 0 Å². The van der Waals surface area contributed by atoms with Gasteiger partial charge in [0.1, 0.15) is 5.75 Å². The summed E-state index contributed by atoms with van der Waals surface area (Å²) >= 11 is 0. The van der Waals surface area contributed by atoms with Crippen molar-refractivity contribution in [3.8, 4) is 5.75 Å². The van der Waals surface area contributed by atoms with Gasteiger partial charge in [0.15, 0.2) is 0 Å². The van der Waals surface area contributed by atoms with Gasteiger partial charge < -0.3 is 15.2 Å². The molecule has 3 heteroatoms. The molecule has 1 fully saturated rings. The molecule has 1 unspecified atom stereocenters. The van der Waals surface area contributed by atoms with Crippen LogP contribution >= 0.6 is 0 Å². The summed E-state index contributed by atoms with van der Waals surface area (Å²) in [6.07, 6.45) is 2.56. The molecule has 2 N–H and O–H groups in total. The molecule has 0 aromatic heterocycles. The van der Waals surface area contributed by atoms with Crippen LogP contribution in [0.2, 0.25) is 0 Å². The monoisotopic (exact) mass is 207 g/mol. The van der Waals surface area contributed by atoms with Gasteiger partial charge in [0.2, 0.25) is 0 Å². The predicted octanol–water partition coefficient (Wildman–Crippen LogP) is 2.23. The number of benzene rings is 1. The Kier molecular flexibility index (Phi) is 3.11. The van der Waals surface area contributed by atoms with Gasteiger partial charge in [0, 0.05) is 18.9 Å². The van der Waals surface area contributed by atoms with E-state index in [4.69, 9.17) is 4.74 Å². The van der Waals surface area contributed by atoms with E-state index in [9.17, 15) is 5.11 Å². The number of nitrogens with one attached hydrogen (secondary N) is 1. The number of anilines is 1. The first-order chi connectivity index (χ1) is 7.29. The van der Waals surface area contributed by atoms with E-state index in [1.807, 2.05) is 12.1 Å². The summed E-state index contributed by atoms with van der Waals surface area (Å²) in [5.74, 6) is 1.03. The molecule has 0 amide bonds. The molecule has 1 saturated carbocycles. The van der Waals surface area contributed by atoms with Crippen LogP contribution in [0.5, 0.6) is 5.75 Å². The zero-order chi connectivity index (χ0) is 10.7. The molecule has 0 heterocycles. The number of hydrogen-bond donors (Lipinski definition) is 2. The summed E-state index contributed by atoms with van der Waals surface area (Å²) in [4.78, 5) is 0. The fraction of sp³-hybridized carbons (Fsp3) is 0.500. The van der Waals surface area contributed by atoms with Crippen molar-refractivity contribution in [3.05, 3.63) is 24.3 Å². The van der Waals surface area contributed by atoms with Gasteiger partial charge in [-0.2, -0.15) is 0 Å². The van der Waals surface area contributed by atoms with E-state index in [1.54, 1.807) is 19.2 Å². The molecule has 82 valence electrons. The maximum atomic E-state index is 9.34. The second-order valence-electron chi connectivity index (χ2n) is 4.09. The summed E-state index contributed by atoms with van der Waals surface area (Å²) < 4.78 is 5.18. The number of hydrogen-bond acceptors (Lipinski definition) is 3. The van der Waals surface area contributed by atoms with E-state index in [0.717, 1.165) is 18.2 Å². The van der Waals surface area contributed by atoms with Gasteiger partial charge in [-0.15, -0.1) is 0 Å². The van der Waals surface area contributed by atoms with Gasteiger partial charge in [-0.05, 0) is 30.9 Å². The minimum atomic E-state index is 0.298. The van der Waals surface area contributed by atoms with Crippen molar-refractivity contribution in [2.24, 2.45) is 5.92 Å². The van der Waals surface area contributed by atoms with Gasteiger partial charge in [0.05, 0.1) is 12.6 Å². The van der Waals surface area contributed by atoms with E-state index in [2.05, 4.69) is 5.32 Å². The van der Waals surface area contributed by atoms with Crippen molar-refractivity contribution in [1.29, 1.82) is 0 Å². The molecule has 0 bridgehead atoms. The highest BCUT2D eigenvalue weighted by Crippen LogP contribution is 2.34. The van der Waals surface area contributed by atoms with Crippen LogP contribution in [-0.4, -0.2) is 24.9 Å². The Hall–Kier alpha value is -1.22. The Morgan fingerprint density at radius 3 is 2.93 bits per heavy atom. The molecule has 0 aliphatic heterocycles. The predicted molar refractivity (Wildman–Crippen MR) is 60.1 cm³/mol. The van der Waals surface area contributed by atoms with E-state index in [1.165, 1.54) is 12.8 Å². The highest BCUT2D eigenvalue weighted by Gasteiger charge is 2.31. The second-order valence-corrected chi connectivity index (χ2v) is 4.09. The van der Waals surface area contributed by atoms with Crippen molar-refractivity contribution >= 4 is 5.69 Å². The van der Waals surface area contributed by atoms with Crippen LogP contribution in [0.1, 0.15) is 12.8 Å². The molecular weight excluding hydrogens is 190 g/mol. The number of ether oxygens (including phenoxy) is 1. The molecule has 0 radical (unpaired) electrons. The zero-order valence-electron chi connectivity index (χ0n) is 8.94. The Labute approximate surface area is 90.1 Å². The van der Waals surface area contributed by atoms with Crippen molar-refractivity contribution in [2.75, 3.05) is 19.0 Å². The average Bonchev–Trinajstić information content (AvgIpc) is 3.00. The van der Waals surface area contributed by atoms with Crippen molar-refractivity contribution in [3.63, 3.8) is 0 Å². The quantitative estimate of drug-likeness (QED) is 0.778. The lowest BCUT2D eigenvalue weighted by molar-refractivity contribution is 0.179. The van der Waals surface area contributed by atoms with E-state index >= 15 is 0 Å².